The topological polar surface area (TPSA) is 16.4 Å². The lowest BCUT2D eigenvalue weighted by Gasteiger charge is -2.26. The number of fused-ring (bicyclic) bond motifs is 3. The number of nitrogens with zero attached hydrogens (tertiary/aromatic N) is 1. The quantitative estimate of drug-likeness (QED) is 0.245. The number of rotatable bonds is 4. The van der Waals surface area contributed by atoms with Crippen molar-refractivity contribution in [3.05, 3.63) is 126 Å². The van der Waals surface area contributed by atoms with Gasteiger partial charge in [0.1, 0.15) is 11.2 Å². The normalized spacial score (nSPS) is 11.2. The van der Waals surface area contributed by atoms with Crippen molar-refractivity contribution < 1.29 is 4.42 Å². The molecule has 2 nitrogen and oxygen atoms in total. The molecule has 5 aromatic carbocycles. The van der Waals surface area contributed by atoms with Crippen LogP contribution in [0.1, 0.15) is 0 Å². The highest BCUT2D eigenvalue weighted by Gasteiger charge is 2.15. The highest BCUT2D eigenvalue weighted by atomic mass is 79.9. The predicted molar refractivity (Wildman–Crippen MR) is 142 cm³/mol. The molecule has 0 aliphatic rings. The Bertz CT molecular complexity index is 1590. The second-order valence-electron chi connectivity index (χ2n) is 8.01. The molecule has 0 amide bonds. The van der Waals surface area contributed by atoms with Crippen LogP contribution in [0.4, 0.5) is 17.1 Å². The molecule has 33 heavy (non-hydrogen) atoms. The maximum Gasteiger partial charge on any atom is 0.137 e. The van der Waals surface area contributed by atoms with E-state index in [9.17, 15) is 0 Å². The molecule has 0 radical (unpaired) electrons. The minimum atomic E-state index is 0.887. The number of furan rings is 1. The number of halogens is 1. The Morgan fingerprint density at radius 2 is 1.15 bits per heavy atom. The lowest BCUT2D eigenvalue weighted by molar-refractivity contribution is 0.669. The van der Waals surface area contributed by atoms with Gasteiger partial charge < -0.3 is 9.32 Å². The van der Waals surface area contributed by atoms with Crippen LogP contribution < -0.4 is 4.90 Å². The van der Waals surface area contributed by atoms with Crippen LogP contribution in [0.25, 0.3) is 33.1 Å². The molecule has 0 fully saturated rings. The molecule has 6 rings (SSSR count). The van der Waals surface area contributed by atoms with E-state index in [1.54, 1.807) is 0 Å². The summed E-state index contributed by atoms with van der Waals surface area (Å²) in [5, 5.41) is 2.27. The van der Waals surface area contributed by atoms with Crippen molar-refractivity contribution in [1.29, 1.82) is 0 Å². The summed E-state index contributed by atoms with van der Waals surface area (Å²) in [5.41, 5.74) is 7.38. The van der Waals surface area contributed by atoms with Gasteiger partial charge in [-0.25, -0.2) is 0 Å². The molecule has 0 aliphatic heterocycles. The Hall–Kier alpha value is -3.82. The number of hydrogen-bond donors (Lipinski definition) is 0. The summed E-state index contributed by atoms with van der Waals surface area (Å²) in [7, 11) is 0. The van der Waals surface area contributed by atoms with Crippen molar-refractivity contribution in [3.63, 3.8) is 0 Å². The van der Waals surface area contributed by atoms with Crippen molar-refractivity contribution in [1.82, 2.24) is 0 Å². The van der Waals surface area contributed by atoms with Gasteiger partial charge in [0.2, 0.25) is 0 Å². The summed E-state index contributed by atoms with van der Waals surface area (Å²) >= 11 is 3.60. The zero-order valence-electron chi connectivity index (χ0n) is 17.8. The number of benzene rings is 5. The third-order valence-corrected chi connectivity index (χ3v) is 6.39. The summed E-state index contributed by atoms with van der Waals surface area (Å²) in [6, 6.07) is 42.1. The van der Waals surface area contributed by atoms with Crippen LogP contribution in [0.5, 0.6) is 0 Å². The third-order valence-electron chi connectivity index (χ3n) is 5.90. The van der Waals surface area contributed by atoms with E-state index in [1.165, 1.54) is 11.1 Å². The molecule has 0 unspecified atom stereocenters. The van der Waals surface area contributed by atoms with Crippen LogP contribution in [0.15, 0.2) is 130 Å². The molecule has 1 aromatic heterocycles. The van der Waals surface area contributed by atoms with Crippen LogP contribution in [0.3, 0.4) is 0 Å². The SMILES string of the molecule is Brc1cccc(-c2cccc(N(c3ccccc3)c3ccc4c(c3)oc3ccccc34)c2)c1. The van der Waals surface area contributed by atoms with E-state index in [0.717, 1.165) is 43.5 Å². The molecule has 1 heterocycles. The largest absolute Gasteiger partial charge is 0.456 e. The minimum absolute atomic E-state index is 0.887. The summed E-state index contributed by atoms with van der Waals surface area (Å²) in [6.45, 7) is 0. The fourth-order valence-electron chi connectivity index (χ4n) is 4.37. The molecule has 0 aliphatic carbocycles. The molecular formula is C30H20BrNO. The molecule has 0 bridgehead atoms. The number of para-hydroxylation sites is 2. The van der Waals surface area contributed by atoms with E-state index < -0.39 is 0 Å². The van der Waals surface area contributed by atoms with Gasteiger partial charge in [0.05, 0.1) is 0 Å². The standard InChI is InChI=1S/C30H20BrNO/c31-23-10-6-8-21(18-23)22-9-7-13-25(19-22)32(24-11-2-1-3-12-24)26-16-17-28-27-14-4-5-15-29(27)33-30(28)20-26/h1-20H. The molecule has 0 spiro atoms. The number of hydrogen-bond acceptors (Lipinski definition) is 2. The van der Waals surface area contributed by atoms with Crippen LogP contribution >= 0.6 is 15.9 Å². The van der Waals surface area contributed by atoms with Crippen LogP contribution in [0, 0.1) is 0 Å². The smallest absolute Gasteiger partial charge is 0.137 e. The molecule has 0 saturated heterocycles. The zero-order valence-corrected chi connectivity index (χ0v) is 19.4. The Balaban J connectivity index is 1.52. The zero-order chi connectivity index (χ0) is 22.2. The lowest BCUT2D eigenvalue weighted by Crippen LogP contribution is -2.09. The highest BCUT2D eigenvalue weighted by Crippen LogP contribution is 2.39. The minimum Gasteiger partial charge on any atom is -0.456 e. The maximum atomic E-state index is 6.19. The van der Waals surface area contributed by atoms with Gasteiger partial charge in [0.25, 0.3) is 0 Å². The van der Waals surface area contributed by atoms with Crippen LogP contribution in [-0.2, 0) is 0 Å². The van der Waals surface area contributed by atoms with Gasteiger partial charge in [-0.3, -0.25) is 0 Å². The summed E-state index contributed by atoms with van der Waals surface area (Å²) in [5.74, 6) is 0. The van der Waals surface area contributed by atoms with E-state index in [1.807, 2.05) is 24.3 Å². The first-order chi connectivity index (χ1) is 16.3. The van der Waals surface area contributed by atoms with E-state index in [-0.39, 0.29) is 0 Å². The first-order valence-corrected chi connectivity index (χ1v) is 11.7. The van der Waals surface area contributed by atoms with E-state index in [4.69, 9.17) is 4.42 Å². The van der Waals surface area contributed by atoms with Crippen molar-refractivity contribution in [3.8, 4) is 11.1 Å². The van der Waals surface area contributed by atoms with Gasteiger partial charge >= 0.3 is 0 Å². The van der Waals surface area contributed by atoms with Gasteiger partial charge in [-0.2, -0.15) is 0 Å². The highest BCUT2D eigenvalue weighted by molar-refractivity contribution is 9.10. The van der Waals surface area contributed by atoms with Crippen molar-refractivity contribution in [2.75, 3.05) is 4.90 Å². The summed E-state index contributed by atoms with van der Waals surface area (Å²) in [6.07, 6.45) is 0. The van der Waals surface area contributed by atoms with Crippen molar-refractivity contribution >= 4 is 54.9 Å². The Labute approximate surface area is 200 Å². The average molecular weight is 490 g/mol. The van der Waals surface area contributed by atoms with E-state index in [2.05, 4.69) is 118 Å². The lowest BCUT2D eigenvalue weighted by atomic mass is 10.0. The van der Waals surface area contributed by atoms with E-state index in [0.29, 0.717) is 0 Å². The van der Waals surface area contributed by atoms with E-state index >= 15 is 0 Å². The Morgan fingerprint density at radius 3 is 2.00 bits per heavy atom. The van der Waals surface area contributed by atoms with Gasteiger partial charge in [-0.15, -0.1) is 0 Å². The summed E-state index contributed by atoms with van der Waals surface area (Å²) < 4.78 is 7.26. The fourth-order valence-corrected chi connectivity index (χ4v) is 4.77. The van der Waals surface area contributed by atoms with Gasteiger partial charge in [0.15, 0.2) is 0 Å². The maximum absolute atomic E-state index is 6.19. The molecule has 0 atom stereocenters. The second-order valence-corrected chi connectivity index (χ2v) is 8.93. The monoisotopic (exact) mass is 489 g/mol. The van der Waals surface area contributed by atoms with Gasteiger partial charge in [-0.05, 0) is 65.7 Å². The molecule has 3 heteroatoms. The average Bonchev–Trinajstić information content (AvgIpc) is 3.23. The Morgan fingerprint density at radius 1 is 0.485 bits per heavy atom. The van der Waals surface area contributed by atoms with Gasteiger partial charge in [-0.1, -0.05) is 76.6 Å². The predicted octanol–water partition coefficient (Wildman–Crippen LogP) is 9.49. The molecule has 0 N–H and O–H groups in total. The Kier molecular flexibility index (Phi) is 4.97. The van der Waals surface area contributed by atoms with Crippen LogP contribution in [0.2, 0.25) is 0 Å². The number of anilines is 3. The van der Waals surface area contributed by atoms with Crippen molar-refractivity contribution in [2.24, 2.45) is 0 Å². The molecule has 6 aromatic rings. The molecular weight excluding hydrogens is 470 g/mol. The third kappa shape index (κ3) is 3.71. The van der Waals surface area contributed by atoms with Gasteiger partial charge in [0, 0.05) is 38.4 Å². The fraction of sp³-hybridized carbons (Fsp3) is 0. The van der Waals surface area contributed by atoms with Crippen molar-refractivity contribution in [2.45, 2.75) is 0 Å². The first-order valence-electron chi connectivity index (χ1n) is 10.9. The molecule has 0 saturated carbocycles. The molecule has 158 valence electrons. The second kappa shape index (κ2) is 8.27. The first kappa shape index (κ1) is 19.8. The summed E-state index contributed by atoms with van der Waals surface area (Å²) in [4.78, 5) is 2.27. The van der Waals surface area contributed by atoms with Crippen LogP contribution in [-0.4, -0.2) is 0 Å².